The molecule has 36 heavy (non-hydrogen) atoms. The summed E-state index contributed by atoms with van der Waals surface area (Å²) in [6.45, 7) is 7.16. The van der Waals surface area contributed by atoms with Gasteiger partial charge in [-0.1, -0.05) is 23.7 Å². The highest BCUT2D eigenvalue weighted by Gasteiger charge is 2.20. The van der Waals surface area contributed by atoms with Gasteiger partial charge in [0.15, 0.2) is 0 Å². The normalized spacial score (nSPS) is 11.5. The zero-order valence-electron chi connectivity index (χ0n) is 20.7. The third-order valence-corrected chi connectivity index (χ3v) is 6.58. The maximum absolute atomic E-state index is 11.6. The van der Waals surface area contributed by atoms with Crippen molar-refractivity contribution in [3.8, 4) is 21.7 Å². The number of aliphatic carboxylic acids is 1. The zero-order chi connectivity index (χ0) is 26.2. The van der Waals surface area contributed by atoms with E-state index in [4.69, 9.17) is 21.7 Å². The minimum absolute atomic E-state index is 0.0611. The zero-order valence-corrected chi connectivity index (χ0v) is 22.3. The first-order chi connectivity index (χ1) is 16.9. The maximum Gasteiger partial charge on any atom is 0.307 e. The Hall–Kier alpha value is -3.33. The first kappa shape index (κ1) is 25.8. The van der Waals surface area contributed by atoms with Gasteiger partial charge in [0.2, 0.25) is 0 Å². The molecule has 0 aliphatic heterocycles. The van der Waals surface area contributed by atoms with Gasteiger partial charge in [0.25, 0.3) is 0 Å². The van der Waals surface area contributed by atoms with E-state index in [1.165, 1.54) is 11.3 Å². The van der Waals surface area contributed by atoms with Crippen LogP contribution in [0, 0.1) is 6.92 Å². The van der Waals surface area contributed by atoms with Crippen LogP contribution >= 0.6 is 22.9 Å². The molecular formula is C27H27ClN4O3S. The van der Waals surface area contributed by atoms with Crippen molar-refractivity contribution < 1.29 is 15.0 Å². The average Bonchev–Trinajstić information content (AvgIpc) is 3.35. The van der Waals surface area contributed by atoms with E-state index in [2.05, 4.69) is 10.1 Å². The summed E-state index contributed by atoms with van der Waals surface area (Å²) in [7, 11) is 1.87. The molecule has 7 nitrogen and oxygen atoms in total. The maximum atomic E-state index is 11.6. The van der Waals surface area contributed by atoms with Crippen LogP contribution < -0.4 is 0 Å². The Balaban J connectivity index is 0.000000556. The van der Waals surface area contributed by atoms with Crippen LogP contribution in [0.5, 0.6) is 0 Å². The number of carboxylic acid groups (broad SMARTS) is 1. The van der Waals surface area contributed by atoms with Gasteiger partial charge in [0, 0.05) is 29.4 Å². The van der Waals surface area contributed by atoms with E-state index < -0.39 is 11.6 Å². The Morgan fingerprint density at radius 2 is 1.75 bits per heavy atom. The van der Waals surface area contributed by atoms with E-state index >= 15 is 0 Å². The lowest BCUT2D eigenvalue weighted by Crippen LogP contribution is -2.10. The number of hydrogen-bond acceptors (Lipinski definition) is 6. The topological polar surface area (TPSA) is 101 Å². The van der Waals surface area contributed by atoms with E-state index in [0.29, 0.717) is 5.02 Å². The average molecular weight is 523 g/mol. The summed E-state index contributed by atoms with van der Waals surface area (Å²) in [6.07, 6.45) is 3.61. The Bertz CT molecular complexity index is 1560. The molecule has 0 unspecified atom stereocenters. The molecule has 3 aromatic heterocycles. The van der Waals surface area contributed by atoms with Crippen LogP contribution in [0.1, 0.15) is 31.9 Å². The van der Waals surface area contributed by atoms with Crippen molar-refractivity contribution in [3.63, 3.8) is 0 Å². The van der Waals surface area contributed by atoms with Gasteiger partial charge in [-0.05, 0) is 68.7 Å². The predicted molar refractivity (Wildman–Crippen MR) is 146 cm³/mol. The number of aryl methyl sites for hydroxylation is 2. The Labute approximate surface area is 218 Å². The molecule has 0 aliphatic rings. The molecular weight excluding hydrogens is 496 g/mol. The monoisotopic (exact) mass is 522 g/mol. The number of nitrogens with zero attached hydrogens (tertiary/aromatic N) is 4. The number of benzene rings is 2. The summed E-state index contributed by atoms with van der Waals surface area (Å²) in [5, 5.41) is 23.9. The number of pyridine rings is 1. The van der Waals surface area contributed by atoms with Gasteiger partial charge in [-0.15, -0.1) is 11.3 Å². The van der Waals surface area contributed by atoms with E-state index in [1.54, 1.807) is 31.6 Å². The molecule has 5 aromatic rings. The number of aliphatic hydroxyl groups is 1. The Morgan fingerprint density at radius 1 is 1.08 bits per heavy atom. The second kappa shape index (κ2) is 9.97. The molecule has 2 aromatic carbocycles. The molecule has 0 fully saturated rings. The Kier molecular flexibility index (Phi) is 7.13. The van der Waals surface area contributed by atoms with Gasteiger partial charge < -0.3 is 10.2 Å². The molecule has 0 bridgehead atoms. The van der Waals surface area contributed by atoms with Crippen LogP contribution in [0.15, 0.2) is 48.8 Å². The van der Waals surface area contributed by atoms with Crippen molar-refractivity contribution in [1.29, 1.82) is 0 Å². The quantitative estimate of drug-likeness (QED) is 0.288. The molecule has 2 N–H and O–H groups in total. The summed E-state index contributed by atoms with van der Waals surface area (Å²) >= 11 is 7.62. The fourth-order valence-corrected chi connectivity index (χ4v) is 5.04. The smallest absolute Gasteiger partial charge is 0.307 e. The van der Waals surface area contributed by atoms with E-state index in [9.17, 15) is 9.90 Å². The van der Waals surface area contributed by atoms with E-state index in [0.717, 1.165) is 54.1 Å². The molecule has 0 amide bonds. The minimum Gasteiger partial charge on any atom is -0.481 e. The second-order valence-corrected chi connectivity index (χ2v) is 11.0. The molecule has 0 saturated carbocycles. The molecule has 0 spiro atoms. The fraction of sp³-hybridized carbons (Fsp3) is 0.259. The van der Waals surface area contributed by atoms with Gasteiger partial charge in [-0.2, -0.15) is 5.10 Å². The lowest BCUT2D eigenvalue weighted by Gasteiger charge is -2.13. The number of fused-ring (bicyclic) bond motifs is 2. The standard InChI is InChI=1S/C23H17ClN4O2S.C4H10O/c1-12-7-18-22(21(16(12)9-20(29)30)13-3-5-15(24)6-4-13)31-23(26-18)14-8-17-19(25-10-14)11-28(2)27-17;1-4(2,3)5/h3-8,10-11H,9H2,1-2H3,(H,29,30);5H,1-3H3. The Morgan fingerprint density at radius 3 is 2.39 bits per heavy atom. The summed E-state index contributed by atoms with van der Waals surface area (Å²) < 4.78 is 2.68. The van der Waals surface area contributed by atoms with Crippen LogP contribution in [0.2, 0.25) is 5.02 Å². The summed E-state index contributed by atoms with van der Waals surface area (Å²) in [6, 6.07) is 11.4. The molecule has 186 valence electrons. The molecule has 0 saturated heterocycles. The number of rotatable bonds is 4. The summed E-state index contributed by atoms with van der Waals surface area (Å²) in [4.78, 5) is 21.0. The number of halogens is 1. The highest BCUT2D eigenvalue weighted by molar-refractivity contribution is 7.22. The highest BCUT2D eigenvalue weighted by atomic mass is 35.5. The fourth-order valence-electron chi connectivity index (χ4n) is 3.80. The lowest BCUT2D eigenvalue weighted by molar-refractivity contribution is -0.136. The number of carboxylic acids is 1. The van der Waals surface area contributed by atoms with Gasteiger partial charge in [-0.3, -0.25) is 14.5 Å². The summed E-state index contributed by atoms with van der Waals surface area (Å²) in [5.74, 6) is -0.868. The van der Waals surface area contributed by atoms with Crippen molar-refractivity contribution in [2.24, 2.45) is 7.05 Å². The number of carbonyl (C=O) groups is 1. The SMILES string of the molecule is CC(C)(C)O.Cc1cc2nc(-c3cnc4cn(C)nc4c3)sc2c(-c2ccc(Cl)cc2)c1CC(=O)O. The van der Waals surface area contributed by atoms with Gasteiger partial charge in [0.05, 0.1) is 28.4 Å². The lowest BCUT2D eigenvalue weighted by atomic mass is 9.93. The first-order valence-electron chi connectivity index (χ1n) is 11.3. The second-order valence-electron chi connectivity index (χ2n) is 9.59. The number of aromatic nitrogens is 4. The van der Waals surface area contributed by atoms with Crippen LogP contribution in [0.4, 0.5) is 0 Å². The number of thiazole rings is 1. The van der Waals surface area contributed by atoms with Crippen molar-refractivity contribution in [3.05, 3.63) is 64.9 Å². The molecule has 5 rings (SSSR count). The molecule has 0 atom stereocenters. The molecule has 3 heterocycles. The third-order valence-electron chi connectivity index (χ3n) is 5.19. The molecule has 9 heteroatoms. The van der Waals surface area contributed by atoms with E-state index in [1.807, 2.05) is 56.6 Å². The van der Waals surface area contributed by atoms with Crippen molar-refractivity contribution in [2.45, 2.75) is 39.7 Å². The van der Waals surface area contributed by atoms with Gasteiger partial charge in [0.1, 0.15) is 16.0 Å². The molecule has 0 radical (unpaired) electrons. The van der Waals surface area contributed by atoms with Crippen molar-refractivity contribution in [2.75, 3.05) is 0 Å². The van der Waals surface area contributed by atoms with Crippen LogP contribution in [0.25, 0.3) is 42.9 Å². The molecule has 0 aliphatic carbocycles. The highest BCUT2D eigenvalue weighted by Crippen LogP contribution is 2.41. The van der Waals surface area contributed by atoms with Gasteiger partial charge >= 0.3 is 5.97 Å². The van der Waals surface area contributed by atoms with Crippen LogP contribution in [-0.2, 0) is 18.3 Å². The first-order valence-corrected chi connectivity index (χ1v) is 12.5. The summed E-state index contributed by atoms with van der Waals surface area (Å²) in [5.41, 5.74) is 6.34. The van der Waals surface area contributed by atoms with Gasteiger partial charge in [-0.25, -0.2) is 4.98 Å². The minimum atomic E-state index is -0.868. The predicted octanol–water partition coefficient (Wildman–Crippen LogP) is 6.28. The third kappa shape index (κ3) is 5.90. The number of hydrogen-bond donors (Lipinski definition) is 2. The van der Waals surface area contributed by atoms with Crippen LogP contribution in [0.3, 0.4) is 0 Å². The van der Waals surface area contributed by atoms with Crippen LogP contribution in [-0.4, -0.2) is 41.5 Å². The largest absolute Gasteiger partial charge is 0.481 e. The van der Waals surface area contributed by atoms with Crippen molar-refractivity contribution >= 4 is 50.2 Å². The van der Waals surface area contributed by atoms with Crippen molar-refractivity contribution in [1.82, 2.24) is 19.7 Å². The van der Waals surface area contributed by atoms with E-state index in [-0.39, 0.29) is 6.42 Å².